The molecule has 0 unspecified atom stereocenters. The van der Waals surface area contributed by atoms with Crippen LogP contribution in [-0.2, 0) is 9.59 Å². The molecule has 0 radical (unpaired) electrons. The van der Waals surface area contributed by atoms with Crippen molar-refractivity contribution >= 4 is 11.9 Å². The van der Waals surface area contributed by atoms with E-state index in [1.807, 2.05) is 18.2 Å². The number of aliphatic hydroxyl groups excluding tert-OH is 1. The molecule has 0 bridgehead atoms. The fraction of sp³-hybridized carbons (Fsp3) is 0.200. The summed E-state index contributed by atoms with van der Waals surface area (Å²) >= 11 is 0. The van der Waals surface area contributed by atoms with Gasteiger partial charge >= 0.3 is 11.9 Å². The molecular formula is C10H14O5. The minimum atomic E-state index is -1.82. The van der Waals surface area contributed by atoms with Gasteiger partial charge in [-0.3, -0.25) is 0 Å². The van der Waals surface area contributed by atoms with Crippen molar-refractivity contribution in [1.29, 1.82) is 0 Å². The first kappa shape index (κ1) is 15.6. The zero-order chi connectivity index (χ0) is 12.3. The summed E-state index contributed by atoms with van der Waals surface area (Å²) in [4.78, 5) is 18.2. The molecule has 0 fully saturated rings. The number of aliphatic hydroxyl groups is 1. The third kappa shape index (κ3) is 12.1. The van der Waals surface area contributed by atoms with E-state index in [-0.39, 0.29) is 0 Å². The molecule has 0 aliphatic carbocycles. The van der Waals surface area contributed by atoms with E-state index in [9.17, 15) is 0 Å². The van der Waals surface area contributed by atoms with Crippen LogP contribution in [0.2, 0.25) is 0 Å². The number of carboxylic acid groups (broad SMARTS) is 2. The molecule has 5 heteroatoms. The zero-order valence-electron chi connectivity index (χ0n) is 8.54. The molecule has 0 aromatic heterocycles. The molecule has 1 aromatic rings. The van der Waals surface area contributed by atoms with Gasteiger partial charge in [-0.1, -0.05) is 35.9 Å². The lowest BCUT2D eigenvalue weighted by atomic mass is 10.2. The highest BCUT2D eigenvalue weighted by Gasteiger charge is 2.04. The number of aryl methyl sites for hydroxylation is 1. The molecule has 3 N–H and O–H groups in total. The number of rotatable bonds is 0. The molecule has 15 heavy (non-hydrogen) atoms. The van der Waals surface area contributed by atoms with Crippen molar-refractivity contribution in [3.8, 4) is 0 Å². The topological polar surface area (TPSA) is 94.8 Å². The standard InChI is InChI=1S/C7H8.C2H2O4.CH4O/c1-7-5-3-2-4-6-7;3-1(4)2(5)6;1-2/h2-6H,1H3;(H,3,4)(H,5,6);2H,1H3. The number of carboxylic acids is 2. The van der Waals surface area contributed by atoms with Crippen LogP contribution in [0.1, 0.15) is 5.56 Å². The number of hydrogen-bond acceptors (Lipinski definition) is 3. The smallest absolute Gasteiger partial charge is 0.414 e. The maximum Gasteiger partial charge on any atom is 0.414 e. The van der Waals surface area contributed by atoms with Gasteiger partial charge in [-0.25, -0.2) is 9.59 Å². The summed E-state index contributed by atoms with van der Waals surface area (Å²) in [6, 6.07) is 10.3. The Balaban J connectivity index is 0. The normalized spacial score (nSPS) is 7.40. The lowest BCUT2D eigenvalue weighted by molar-refractivity contribution is -0.159. The van der Waals surface area contributed by atoms with Crippen molar-refractivity contribution in [1.82, 2.24) is 0 Å². The minimum absolute atomic E-state index is 1.00. The molecule has 0 atom stereocenters. The van der Waals surface area contributed by atoms with E-state index in [1.165, 1.54) is 5.56 Å². The van der Waals surface area contributed by atoms with Gasteiger partial charge in [0.1, 0.15) is 0 Å². The van der Waals surface area contributed by atoms with Crippen molar-refractivity contribution in [2.75, 3.05) is 7.11 Å². The SMILES string of the molecule is CO.Cc1ccccc1.O=C(O)C(=O)O. The Morgan fingerprint density at radius 3 is 1.40 bits per heavy atom. The Morgan fingerprint density at radius 2 is 1.27 bits per heavy atom. The van der Waals surface area contributed by atoms with Crippen molar-refractivity contribution in [2.45, 2.75) is 6.92 Å². The molecule has 0 spiro atoms. The number of benzene rings is 1. The van der Waals surface area contributed by atoms with Gasteiger partial charge in [0.15, 0.2) is 0 Å². The lowest BCUT2D eigenvalue weighted by Crippen LogP contribution is -2.09. The first-order chi connectivity index (χ1) is 7.04. The largest absolute Gasteiger partial charge is 0.473 e. The maximum absolute atomic E-state index is 9.10. The second-order valence-electron chi connectivity index (χ2n) is 2.27. The molecule has 1 aromatic carbocycles. The van der Waals surface area contributed by atoms with Crippen LogP contribution in [0.15, 0.2) is 30.3 Å². The fourth-order valence-electron chi connectivity index (χ4n) is 0.534. The average Bonchev–Trinajstić information content (AvgIpc) is 2.22. The van der Waals surface area contributed by atoms with Gasteiger partial charge in [-0.15, -0.1) is 0 Å². The maximum atomic E-state index is 9.10. The number of hydrogen-bond donors (Lipinski definition) is 3. The molecule has 0 aliphatic rings. The first-order valence-corrected chi connectivity index (χ1v) is 3.96. The average molecular weight is 214 g/mol. The summed E-state index contributed by atoms with van der Waals surface area (Å²) in [5.41, 5.74) is 1.32. The quantitative estimate of drug-likeness (QED) is 0.554. The fourth-order valence-corrected chi connectivity index (χ4v) is 0.534. The second-order valence-corrected chi connectivity index (χ2v) is 2.27. The van der Waals surface area contributed by atoms with E-state index in [0.717, 1.165) is 7.11 Å². The van der Waals surface area contributed by atoms with E-state index >= 15 is 0 Å². The number of aliphatic carboxylic acids is 2. The Bertz CT molecular complexity index is 269. The van der Waals surface area contributed by atoms with Gasteiger partial charge in [-0.05, 0) is 6.92 Å². The molecule has 0 aliphatic heterocycles. The van der Waals surface area contributed by atoms with Crippen LogP contribution in [0.4, 0.5) is 0 Å². The van der Waals surface area contributed by atoms with Gasteiger partial charge in [0.25, 0.3) is 0 Å². The van der Waals surface area contributed by atoms with Crippen LogP contribution in [0.25, 0.3) is 0 Å². The highest BCUT2D eigenvalue weighted by molar-refractivity contribution is 6.27. The summed E-state index contributed by atoms with van der Waals surface area (Å²) < 4.78 is 0. The molecular weight excluding hydrogens is 200 g/mol. The number of carbonyl (C=O) groups is 2. The molecule has 5 nitrogen and oxygen atoms in total. The van der Waals surface area contributed by atoms with E-state index in [0.29, 0.717) is 0 Å². The highest BCUT2D eigenvalue weighted by Crippen LogP contribution is 1.92. The third-order valence-corrected chi connectivity index (χ3v) is 1.12. The van der Waals surface area contributed by atoms with E-state index in [1.54, 1.807) is 0 Å². The van der Waals surface area contributed by atoms with Crippen LogP contribution < -0.4 is 0 Å². The van der Waals surface area contributed by atoms with Crippen molar-refractivity contribution in [3.63, 3.8) is 0 Å². The van der Waals surface area contributed by atoms with Gasteiger partial charge in [-0.2, -0.15) is 0 Å². The highest BCUT2D eigenvalue weighted by atomic mass is 16.4. The van der Waals surface area contributed by atoms with Crippen molar-refractivity contribution < 1.29 is 24.9 Å². The predicted molar refractivity (Wildman–Crippen MR) is 54.6 cm³/mol. The van der Waals surface area contributed by atoms with Gasteiger partial charge < -0.3 is 15.3 Å². The van der Waals surface area contributed by atoms with Crippen LogP contribution in [-0.4, -0.2) is 34.4 Å². The van der Waals surface area contributed by atoms with Crippen LogP contribution in [0.3, 0.4) is 0 Å². The van der Waals surface area contributed by atoms with E-state index < -0.39 is 11.9 Å². The monoisotopic (exact) mass is 214 g/mol. The zero-order valence-corrected chi connectivity index (χ0v) is 8.54. The third-order valence-electron chi connectivity index (χ3n) is 1.12. The minimum Gasteiger partial charge on any atom is -0.473 e. The van der Waals surface area contributed by atoms with Gasteiger partial charge in [0, 0.05) is 7.11 Å². The molecule has 0 saturated carbocycles. The molecule has 0 saturated heterocycles. The Kier molecular flexibility index (Phi) is 10.6. The summed E-state index contributed by atoms with van der Waals surface area (Å²) in [7, 11) is 1.00. The Labute approximate surface area is 87.6 Å². The molecule has 84 valence electrons. The van der Waals surface area contributed by atoms with Crippen LogP contribution >= 0.6 is 0 Å². The molecule has 0 amide bonds. The van der Waals surface area contributed by atoms with Gasteiger partial charge in [0.05, 0.1) is 0 Å². The Hall–Kier alpha value is -1.88. The summed E-state index contributed by atoms with van der Waals surface area (Å²) in [5.74, 6) is -3.65. The van der Waals surface area contributed by atoms with E-state index in [2.05, 4.69) is 19.1 Å². The summed E-state index contributed by atoms with van der Waals surface area (Å²) in [5, 5.41) is 21.8. The van der Waals surface area contributed by atoms with Crippen LogP contribution in [0, 0.1) is 6.92 Å². The molecule has 1 rings (SSSR count). The van der Waals surface area contributed by atoms with Crippen LogP contribution in [0.5, 0.6) is 0 Å². The predicted octanol–water partition coefficient (Wildman–Crippen LogP) is 0.759. The Morgan fingerprint density at radius 1 is 0.933 bits per heavy atom. The summed E-state index contributed by atoms with van der Waals surface area (Å²) in [6.07, 6.45) is 0. The summed E-state index contributed by atoms with van der Waals surface area (Å²) in [6.45, 7) is 2.08. The van der Waals surface area contributed by atoms with E-state index in [4.69, 9.17) is 24.9 Å². The molecule has 0 heterocycles. The lowest BCUT2D eigenvalue weighted by Gasteiger charge is -1.82. The van der Waals surface area contributed by atoms with Gasteiger partial charge in [0.2, 0.25) is 0 Å². The van der Waals surface area contributed by atoms with Crippen molar-refractivity contribution in [2.24, 2.45) is 0 Å². The second kappa shape index (κ2) is 10.2. The first-order valence-electron chi connectivity index (χ1n) is 3.96. The van der Waals surface area contributed by atoms with Crippen molar-refractivity contribution in [3.05, 3.63) is 35.9 Å².